The molecule has 134 valence electrons. The summed E-state index contributed by atoms with van der Waals surface area (Å²) in [6.45, 7) is 5.29. The molecule has 0 unspecified atom stereocenters. The van der Waals surface area contributed by atoms with Gasteiger partial charge in [0.15, 0.2) is 11.6 Å². The zero-order chi connectivity index (χ0) is 17.5. The van der Waals surface area contributed by atoms with Crippen molar-refractivity contribution in [3.05, 3.63) is 29.5 Å². The number of aromatic amines is 1. The lowest BCUT2D eigenvalue weighted by molar-refractivity contribution is 0.340. The third-order valence-electron chi connectivity index (χ3n) is 5.39. The van der Waals surface area contributed by atoms with Crippen molar-refractivity contribution < 1.29 is 0 Å². The molecular weight excluding hydrogens is 344 g/mol. The van der Waals surface area contributed by atoms with Crippen LogP contribution < -0.4 is 5.32 Å². The number of hydrogen-bond donors (Lipinski definition) is 2. The molecule has 1 aliphatic heterocycles. The maximum Gasteiger partial charge on any atom is 0.177 e. The predicted molar refractivity (Wildman–Crippen MR) is 105 cm³/mol. The monoisotopic (exact) mass is 366 g/mol. The first-order valence-electron chi connectivity index (χ1n) is 9.26. The zero-order valence-electron chi connectivity index (χ0n) is 14.8. The number of aromatic nitrogens is 5. The SMILES string of the molecule is Cc1nc2ccsc2c2c1nc(-c1ncc[nH]1)n2CCC1CCNCC1. The van der Waals surface area contributed by atoms with Crippen LogP contribution in [0.5, 0.6) is 0 Å². The van der Waals surface area contributed by atoms with Gasteiger partial charge in [0.05, 0.1) is 21.4 Å². The number of H-pyrrole nitrogens is 1. The van der Waals surface area contributed by atoms with Crippen molar-refractivity contribution in [3.8, 4) is 11.6 Å². The van der Waals surface area contributed by atoms with E-state index in [0.29, 0.717) is 0 Å². The minimum Gasteiger partial charge on any atom is -0.342 e. The highest BCUT2D eigenvalue weighted by atomic mass is 32.1. The topological polar surface area (TPSA) is 71.4 Å². The number of nitrogens with zero attached hydrogens (tertiary/aromatic N) is 4. The van der Waals surface area contributed by atoms with E-state index in [1.165, 1.54) is 29.5 Å². The van der Waals surface area contributed by atoms with Crippen LogP contribution in [0.15, 0.2) is 23.8 Å². The maximum absolute atomic E-state index is 4.95. The fourth-order valence-corrected chi connectivity index (χ4v) is 4.89. The van der Waals surface area contributed by atoms with Crippen molar-refractivity contribution in [1.82, 2.24) is 29.8 Å². The van der Waals surface area contributed by atoms with E-state index in [4.69, 9.17) is 9.97 Å². The molecule has 0 aromatic carbocycles. The quantitative estimate of drug-likeness (QED) is 0.577. The maximum atomic E-state index is 4.95. The van der Waals surface area contributed by atoms with Crippen LogP contribution >= 0.6 is 11.3 Å². The highest BCUT2D eigenvalue weighted by Gasteiger charge is 2.21. The molecular formula is C19H22N6S. The van der Waals surface area contributed by atoms with E-state index in [0.717, 1.165) is 53.9 Å². The van der Waals surface area contributed by atoms with Gasteiger partial charge in [-0.1, -0.05) is 0 Å². The molecule has 1 fully saturated rings. The first kappa shape index (κ1) is 16.0. The van der Waals surface area contributed by atoms with Crippen LogP contribution in [0.2, 0.25) is 0 Å². The molecule has 0 atom stereocenters. The third kappa shape index (κ3) is 2.62. The Balaban J connectivity index is 1.65. The average Bonchev–Trinajstić information content (AvgIpc) is 3.39. The Hall–Kier alpha value is -2.25. The standard InChI is InChI=1S/C19H22N6S/c1-12-15-16(17-14(23-12)5-11-26-17)25(10-4-13-2-6-20-7-3-13)19(24-15)18-21-8-9-22-18/h5,8-9,11,13,20H,2-4,6-7,10H2,1H3,(H,21,22). The first-order valence-corrected chi connectivity index (χ1v) is 10.1. The minimum absolute atomic E-state index is 0.778. The second-order valence-corrected chi connectivity index (χ2v) is 7.95. The van der Waals surface area contributed by atoms with E-state index in [-0.39, 0.29) is 0 Å². The summed E-state index contributed by atoms with van der Waals surface area (Å²) in [4.78, 5) is 17.4. The van der Waals surface area contributed by atoms with Gasteiger partial charge in [-0.25, -0.2) is 15.0 Å². The summed E-state index contributed by atoms with van der Waals surface area (Å²) in [6, 6.07) is 2.10. The highest BCUT2D eigenvalue weighted by molar-refractivity contribution is 7.18. The normalized spacial score (nSPS) is 16.0. The summed E-state index contributed by atoms with van der Waals surface area (Å²) < 4.78 is 3.59. The number of piperidine rings is 1. The smallest absolute Gasteiger partial charge is 0.177 e. The molecule has 7 heteroatoms. The van der Waals surface area contributed by atoms with Gasteiger partial charge in [0.25, 0.3) is 0 Å². The summed E-state index contributed by atoms with van der Waals surface area (Å²) in [6.07, 6.45) is 7.35. The van der Waals surface area contributed by atoms with Gasteiger partial charge in [0.1, 0.15) is 5.52 Å². The van der Waals surface area contributed by atoms with Crippen LogP contribution in [-0.4, -0.2) is 37.6 Å². The average molecular weight is 366 g/mol. The number of thiophene rings is 1. The molecule has 4 aromatic heterocycles. The number of imidazole rings is 2. The van der Waals surface area contributed by atoms with Crippen molar-refractivity contribution in [2.45, 2.75) is 32.7 Å². The van der Waals surface area contributed by atoms with Gasteiger partial charge in [0.2, 0.25) is 0 Å². The summed E-state index contributed by atoms with van der Waals surface area (Å²) in [7, 11) is 0. The second kappa shape index (κ2) is 6.48. The molecule has 0 spiro atoms. The number of nitrogens with one attached hydrogen (secondary N) is 2. The van der Waals surface area contributed by atoms with Crippen molar-refractivity contribution in [2.75, 3.05) is 13.1 Å². The summed E-state index contributed by atoms with van der Waals surface area (Å²) in [5.41, 5.74) is 4.26. The van der Waals surface area contributed by atoms with Crippen LogP contribution in [0.1, 0.15) is 25.0 Å². The van der Waals surface area contributed by atoms with Crippen LogP contribution in [0.3, 0.4) is 0 Å². The Morgan fingerprint density at radius 2 is 2.15 bits per heavy atom. The molecule has 5 rings (SSSR count). The zero-order valence-corrected chi connectivity index (χ0v) is 15.6. The number of fused-ring (bicyclic) bond motifs is 3. The van der Waals surface area contributed by atoms with Crippen LogP contribution in [0, 0.1) is 12.8 Å². The molecule has 26 heavy (non-hydrogen) atoms. The second-order valence-electron chi connectivity index (χ2n) is 7.04. The molecule has 0 amide bonds. The highest BCUT2D eigenvalue weighted by Crippen LogP contribution is 2.34. The lowest BCUT2D eigenvalue weighted by Crippen LogP contribution is -2.28. The van der Waals surface area contributed by atoms with E-state index in [1.54, 1.807) is 17.5 Å². The predicted octanol–water partition coefficient (Wildman–Crippen LogP) is 3.73. The Kier molecular flexibility index (Phi) is 3.98. The fraction of sp³-hybridized carbons (Fsp3) is 0.421. The Morgan fingerprint density at radius 3 is 2.96 bits per heavy atom. The van der Waals surface area contributed by atoms with Gasteiger partial charge in [-0.05, 0) is 56.6 Å². The van der Waals surface area contributed by atoms with E-state index >= 15 is 0 Å². The van der Waals surface area contributed by atoms with Crippen molar-refractivity contribution >= 4 is 32.6 Å². The van der Waals surface area contributed by atoms with Crippen molar-refractivity contribution in [2.24, 2.45) is 5.92 Å². The molecule has 0 saturated carbocycles. The van der Waals surface area contributed by atoms with Gasteiger partial charge >= 0.3 is 0 Å². The molecule has 0 radical (unpaired) electrons. The van der Waals surface area contributed by atoms with Crippen LogP contribution in [0.25, 0.3) is 32.9 Å². The molecule has 1 aliphatic rings. The van der Waals surface area contributed by atoms with Gasteiger partial charge in [0, 0.05) is 18.9 Å². The molecule has 0 aliphatic carbocycles. The number of rotatable bonds is 4. The molecule has 2 N–H and O–H groups in total. The van der Waals surface area contributed by atoms with Gasteiger partial charge in [-0.3, -0.25) is 0 Å². The molecule has 0 bridgehead atoms. The van der Waals surface area contributed by atoms with Gasteiger partial charge in [-0.2, -0.15) is 0 Å². The summed E-state index contributed by atoms with van der Waals surface area (Å²) >= 11 is 1.75. The van der Waals surface area contributed by atoms with Gasteiger partial charge < -0.3 is 14.9 Å². The third-order valence-corrected chi connectivity index (χ3v) is 6.30. The van der Waals surface area contributed by atoms with Crippen LogP contribution in [-0.2, 0) is 6.54 Å². The number of aryl methyl sites for hydroxylation is 2. The fourth-order valence-electron chi connectivity index (χ4n) is 4.00. The van der Waals surface area contributed by atoms with Crippen molar-refractivity contribution in [3.63, 3.8) is 0 Å². The Morgan fingerprint density at radius 1 is 1.27 bits per heavy atom. The van der Waals surface area contributed by atoms with Crippen LogP contribution in [0.4, 0.5) is 0 Å². The minimum atomic E-state index is 0.778. The molecule has 5 heterocycles. The lowest BCUT2D eigenvalue weighted by Gasteiger charge is -2.23. The van der Waals surface area contributed by atoms with E-state index in [2.05, 4.69) is 38.2 Å². The summed E-state index contributed by atoms with van der Waals surface area (Å²) in [5, 5.41) is 5.58. The lowest BCUT2D eigenvalue weighted by atomic mass is 9.95. The number of pyridine rings is 1. The Labute approximate surface area is 155 Å². The number of hydrogen-bond acceptors (Lipinski definition) is 5. The molecule has 6 nitrogen and oxygen atoms in total. The van der Waals surface area contributed by atoms with Crippen molar-refractivity contribution in [1.29, 1.82) is 0 Å². The van der Waals surface area contributed by atoms with E-state index < -0.39 is 0 Å². The molecule has 4 aromatic rings. The first-order chi connectivity index (χ1) is 12.8. The largest absolute Gasteiger partial charge is 0.342 e. The van der Waals surface area contributed by atoms with E-state index in [1.807, 2.05) is 6.20 Å². The van der Waals surface area contributed by atoms with E-state index in [9.17, 15) is 0 Å². The summed E-state index contributed by atoms with van der Waals surface area (Å²) in [5.74, 6) is 2.53. The Bertz CT molecular complexity index is 1040. The molecule has 1 saturated heterocycles. The van der Waals surface area contributed by atoms with Gasteiger partial charge in [-0.15, -0.1) is 11.3 Å².